The molecule has 3 nitrogen and oxygen atoms in total. The van der Waals surface area contributed by atoms with E-state index in [1.54, 1.807) is 0 Å². The quantitative estimate of drug-likeness (QED) is 0.555. The van der Waals surface area contributed by atoms with E-state index in [1.807, 2.05) is 6.92 Å². The smallest absolute Gasteiger partial charge is 0.354 e. The SMILES string of the molecule is CCOC(=O)C1=NC1[C@@H]1[C@H](C=C(C)C)C1(C)C. The second-order valence-electron chi connectivity index (χ2n) is 5.80. The Morgan fingerprint density at radius 3 is 2.65 bits per heavy atom. The molecule has 0 N–H and O–H groups in total. The Morgan fingerprint density at radius 2 is 2.12 bits per heavy atom. The summed E-state index contributed by atoms with van der Waals surface area (Å²) in [5, 5.41) is 0. The molecule has 3 heteroatoms. The number of carbonyl (C=O) groups is 1. The maximum Gasteiger partial charge on any atom is 0.354 e. The Bertz CT molecular complexity index is 402. The van der Waals surface area contributed by atoms with Crippen LogP contribution in [-0.2, 0) is 9.53 Å². The molecule has 0 amide bonds. The van der Waals surface area contributed by atoms with Gasteiger partial charge < -0.3 is 4.74 Å². The first kappa shape index (κ1) is 12.3. The van der Waals surface area contributed by atoms with Gasteiger partial charge in [-0.15, -0.1) is 0 Å². The van der Waals surface area contributed by atoms with Crippen molar-refractivity contribution in [3.05, 3.63) is 11.6 Å². The summed E-state index contributed by atoms with van der Waals surface area (Å²) in [6.07, 6.45) is 2.31. The average Bonchev–Trinajstić information content (AvgIpc) is 3.04. The predicted molar refractivity (Wildman–Crippen MR) is 68.0 cm³/mol. The van der Waals surface area contributed by atoms with Crippen molar-refractivity contribution >= 4 is 11.7 Å². The van der Waals surface area contributed by atoms with Gasteiger partial charge in [-0.1, -0.05) is 25.5 Å². The highest BCUT2D eigenvalue weighted by molar-refractivity contribution is 6.44. The molecule has 0 bridgehead atoms. The van der Waals surface area contributed by atoms with E-state index in [-0.39, 0.29) is 17.4 Å². The van der Waals surface area contributed by atoms with Gasteiger partial charge in [0.1, 0.15) is 11.8 Å². The van der Waals surface area contributed by atoms with E-state index >= 15 is 0 Å². The van der Waals surface area contributed by atoms with Gasteiger partial charge in [-0.05, 0) is 38.0 Å². The lowest BCUT2D eigenvalue weighted by molar-refractivity contribution is -0.134. The fraction of sp³-hybridized carbons (Fsp3) is 0.714. The van der Waals surface area contributed by atoms with Crippen LogP contribution in [0.4, 0.5) is 0 Å². The Hall–Kier alpha value is -1.12. The number of rotatable bonds is 4. The third-order valence-corrected chi connectivity index (χ3v) is 3.82. The van der Waals surface area contributed by atoms with E-state index in [4.69, 9.17) is 4.74 Å². The molecule has 0 aromatic rings. The number of aliphatic imine (C=N–C) groups is 1. The van der Waals surface area contributed by atoms with Crippen molar-refractivity contribution in [2.75, 3.05) is 6.61 Å². The zero-order valence-corrected chi connectivity index (χ0v) is 11.3. The summed E-state index contributed by atoms with van der Waals surface area (Å²) in [6, 6.07) is 0.115. The average molecular weight is 235 g/mol. The van der Waals surface area contributed by atoms with Crippen molar-refractivity contribution in [2.24, 2.45) is 22.2 Å². The Balaban J connectivity index is 1.96. The second-order valence-corrected chi connectivity index (χ2v) is 5.80. The van der Waals surface area contributed by atoms with Gasteiger partial charge in [0.25, 0.3) is 0 Å². The lowest BCUT2D eigenvalue weighted by atomic mass is 10.1. The Morgan fingerprint density at radius 1 is 1.47 bits per heavy atom. The first-order valence-electron chi connectivity index (χ1n) is 6.29. The lowest BCUT2D eigenvalue weighted by Gasteiger charge is -2.00. The van der Waals surface area contributed by atoms with Gasteiger partial charge in [0, 0.05) is 0 Å². The summed E-state index contributed by atoms with van der Waals surface area (Å²) < 4.78 is 4.97. The van der Waals surface area contributed by atoms with Crippen LogP contribution in [-0.4, -0.2) is 24.3 Å². The molecule has 0 radical (unpaired) electrons. The summed E-state index contributed by atoms with van der Waals surface area (Å²) in [6.45, 7) is 11.0. The molecule has 0 saturated heterocycles. The highest BCUT2D eigenvalue weighted by atomic mass is 16.5. The molecule has 0 aromatic carbocycles. The zero-order valence-electron chi connectivity index (χ0n) is 11.3. The summed E-state index contributed by atoms with van der Waals surface area (Å²) in [7, 11) is 0. The van der Waals surface area contributed by atoms with E-state index in [9.17, 15) is 4.79 Å². The summed E-state index contributed by atoms with van der Waals surface area (Å²) in [4.78, 5) is 15.8. The minimum Gasteiger partial charge on any atom is -0.461 e. The molecular weight excluding hydrogens is 214 g/mol. The van der Waals surface area contributed by atoms with Gasteiger partial charge in [-0.3, -0.25) is 4.99 Å². The minimum atomic E-state index is -0.226. The molecule has 1 heterocycles. The maximum atomic E-state index is 11.5. The fourth-order valence-electron chi connectivity index (χ4n) is 2.74. The number of ether oxygens (including phenoxy) is 1. The largest absolute Gasteiger partial charge is 0.461 e. The van der Waals surface area contributed by atoms with Gasteiger partial charge in [0.15, 0.2) is 0 Å². The normalized spacial score (nSPS) is 32.5. The van der Waals surface area contributed by atoms with E-state index in [0.29, 0.717) is 24.2 Å². The first-order valence-corrected chi connectivity index (χ1v) is 6.29. The van der Waals surface area contributed by atoms with Gasteiger partial charge in [-0.25, -0.2) is 4.79 Å². The minimum absolute atomic E-state index is 0.115. The van der Waals surface area contributed by atoms with Crippen LogP contribution < -0.4 is 0 Å². The molecule has 1 saturated carbocycles. The molecule has 0 spiro atoms. The van der Waals surface area contributed by atoms with E-state index < -0.39 is 0 Å². The number of allylic oxidation sites excluding steroid dienone is 2. The van der Waals surface area contributed by atoms with Crippen LogP contribution in [0.25, 0.3) is 0 Å². The molecule has 1 aliphatic carbocycles. The second kappa shape index (κ2) is 3.97. The molecule has 0 aromatic heterocycles. The zero-order chi connectivity index (χ0) is 12.8. The third kappa shape index (κ3) is 2.15. The van der Waals surface area contributed by atoms with E-state index in [1.165, 1.54) is 5.57 Å². The van der Waals surface area contributed by atoms with E-state index in [0.717, 1.165) is 0 Å². The first-order chi connectivity index (χ1) is 7.89. The number of carbonyl (C=O) groups excluding carboxylic acids is 1. The molecule has 1 aliphatic heterocycles. The van der Waals surface area contributed by atoms with Crippen LogP contribution in [0.3, 0.4) is 0 Å². The summed E-state index contributed by atoms with van der Waals surface area (Å²) >= 11 is 0. The number of esters is 1. The number of hydrogen-bond acceptors (Lipinski definition) is 3. The monoisotopic (exact) mass is 235 g/mol. The van der Waals surface area contributed by atoms with Crippen LogP contribution in [0.1, 0.15) is 34.6 Å². The molecule has 1 unspecified atom stereocenters. The topological polar surface area (TPSA) is 38.7 Å². The van der Waals surface area contributed by atoms with Gasteiger partial charge in [-0.2, -0.15) is 0 Å². The van der Waals surface area contributed by atoms with Gasteiger partial charge in [0.05, 0.1) is 6.61 Å². The highest BCUT2D eigenvalue weighted by Gasteiger charge is 2.64. The summed E-state index contributed by atoms with van der Waals surface area (Å²) in [5.41, 5.74) is 2.25. The van der Waals surface area contributed by atoms with Crippen LogP contribution in [0.15, 0.2) is 16.6 Å². The maximum absolute atomic E-state index is 11.5. The van der Waals surface area contributed by atoms with Crippen molar-refractivity contribution in [3.8, 4) is 0 Å². The highest BCUT2D eigenvalue weighted by Crippen LogP contribution is 2.63. The number of nitrogens with zero attached hydrogens (tertiary/aromatic N) is 1. The summed E-state index contributed by atoms with van der Waals surface area (Å²) in [5.74, 6) is 0.807. The Labute approximate surface area is 103 Å². The molecule has 1 fully saturated rings. The standard InChI is InChI=1S/C14H21NO2/c1-6-17-13(16)12-11(15-12)10-9(7-8(2)3)14(10,4)5/h7,9-11H,6H2,1-5H3/t9-,10-,11?/m0/s1. The van der Waals surface area contributed by atoms with Crippen LogP contribution in [0.5, 0.6) is 0 Å². The molecule has 2 aliphatic rings. The molecule has 2 rings (SSSR count). The van der Waals surface area contributed by atoms with Gasteiger partial charge in [0.2, 0.25) is 0 Å². The van der Waals surface area contributed by atoms with Crippen molar-refractivity contribution < 1.29 is 9.53 Å². The van der Waals surface area contributed by atoms with Crippen LogP contribution in [0, 0.1) is 17.3 Å². The van der Waals surface area contributed by atoms with Crippen LogP contribution in [0.2, 0.25) is 0 Å². The Kier molecular flexibility index (Phi) is 2.88. The van der Waals surface area contributed by atoms with E-state index in [2.05, 4.69) is 38.8 Å². The van der Waals surface area contributed by atoms with Crippen molar-refractivity contribution in [3.63, 3.8) is 0 Å². The lowest BCUT2D eigenvalue weighted by Crippen LogP contribution is -2.17. The van der Waals surface area contributed by atoms with Gasteiger partial charge >= 0.3 is 5.97 Å². The predicted octanol–water partition coefficient (Wildman–Crippen LogP) is 2.61. The molecule has 3 atom stereocenters. The van der Waals surface area contributed by atoms with Crippen LogP contribution >= 0.6 is 0 Å². The fourth-order valence-corrected chi connectivity index (χ4v) is 2.74. The number of hydrogen-bond donors (Lipinski definition) is 0. The molecule has 17 heavy (non-hydrogen) atoms. The molecular formula is C14H21NO2. The van der Waals surface area contributed by atoms with Crippen molar-refractivity contribution in [2.45, 2.75) is 40.7 Å². The van der Waals surface area contributed by atoms with Crippen molar-refractivity contribution in [1.82, 2.24) is 0 Å². The molecule has 94 valence electrons. The third-order valence-electron chi connectivity index (χ3n) is 3.82. The van der Waals surface area contributed by atoms with Crippen molar-refractivity contribution in [1.29, 1.82) is 0 Å².